The van der Waals surface area contributed by atoms with E-state index in [-0.39, 0.29) is 19.3 Å². The van der Waals surface area contributed by atoms with E-state index in [0.29, 0.717) is 17.9 Å². The molecule has 0 radical (unpaired) electrons. The van der Waals surface area contributed by atoms with E-state index in [1.165, 1.54) is 0 Å². The molecule has 1 heterocycles. The van der Waals surface area contributed by atoms with Gasteiger partial charge in [-0.2, -0.15) is 0 Å². The zero-order valence-corrected chi connectivity index (χ0v) is 10.9. The highest BCUT2D eigenvalue weighted by Gasteiger charge is 2.38. The zero-order chi connectivity index (χ0) is 12.3. The summed E-state index contributed by atoms with van der Waals surface area (Å²) in [6.45, 7) is 6.51. The van der Waals surface area contributed by atoms with Crippen LogP contribution in [0.15, 0.2) is 0 Å². The minimum absolute atomic E-state index is 0.0431. The normalized spacial score (nSPS) is 27.6. The lowest BCUT2D eigenvalue weighted by atomic mass is 9.91. The quantitative estimate of drug-likeness (QED) is 0.690. The van der Waals surface area contributed by atoms with Crippen molar-refractivity contribution in [3.05, 3.63) is 0 Å². The molecule has 1 fully saturated rings. The van der Waals surface area contributed by atoms with Gasteiger partial charge in [0.1, 0.15) is 0 Å². The molecule has 16 heavy (non-hydrogen) atoms. The van der Waals surface area contributed by atoms with Gasteiger partial charge in [0.15, 0.2) is 0 Å². The van der Waals surface area contributed by atoms with Gasteiger partial charge in [0.25, 0.3) is 0 Å². The highest BCUT2D eigenvalue weighted by atomic mass is 16.3. The van der Waals surface area contributed by atoms with E-state index in [1.54, 1.807) is 0 Å². The summed E-state index contributed by atoms with van der Waals surface area (Å²) in [7, 11) is 4.22. The van der Waals surface area contributed by atoms with Gasteiger partial charge in [-0.25, -0.2) is 0 Å². The van der Waals surface area contributed by atoms with Crippen LogP contribution in [0.2, 0.25) is 0 Å². The van der Waals surface area contributed by atoms with Gasteiger partial charge >= 0.3 is 0 Å². The van der Waals surface area contributed by atoms with Crippen LogP contribution in [0.3, 0.4) is 0 Å². The molecule has 0 saturated carbocycles. The van der Waals surface area contributed by atoms with Gasteiger partial charge in [-0.05, 0) is 25.9 Å². The van der Waals surface area contributed by atoms with Crippen LogP contribution in [0, 0.1) is 11.8 Å². The number of likely N-dealkylation sites (tertiary alicyclic amines) is 1. The van der Waals surface area contributed by atoms with Crippen LogP contribution in [-0.2, 0) is 0 Å². The molecule has 0 bridgehead atoms. The maximum atomic E-state index is 9.22. The first kappa shape index (κ1) is 13.9. The van der Waals surface area contributed by atoms with Crippen molar-refractivity contribution in [3.8, 4) is 0 Å². The van der Waals surface area contributed by atoms with E-state index in [9.17, 15) is 10.2 Å². The second kappa shape index (κ2) is 5.96. The molecule has 0 aromatic carbocycles. The van der Waals surface area contributed by atoms with Crippen molar-refractivity contribution in [2.45, 2.75) is 25.9 Å². The first-order chi connectivity index (χ1) is 7.51. The lowest BCUT2D eigenvalue weighted by molar-refractivity contribution is 0.0845. The Bertz CT molecular complexity index is 189. The van der Waals surface area contributed by atoms with E-state index in [2.05, 4.69) is 37.7 Å². The largest absolute Gasteiger partial charge is 0.395 e. The SMILES string of the molecule is CC(C)[C@H]1CN(C(CO)CO)C[C@@H]1N(C)C. The average Bonchev–Trinajstić information content (AvgIpc) is 2.64. The number of rotatable bonds is 5. The maximum Gasteiger partial charge on any atom is 0.0609 e. The number of hydrogen-bond donors (Lipinski definition) is 2. The van der Waals surface area contributed by atoms with Crippen LogP contribution in [0.5, 0.6) is 0 Å². The lowest BCUT2D eigenvalue weighted by Crippen LogP contribution is -2.41. The van der Waals surface area contributed by atoms with Crippen molar-refractivity contribution in [3.63, 3.8) is 0 Å². The van der Waals surface area contributed by atoms with Crippen LogP contribution in [0.25, 0.3) is 0 Å². The summed E-state index contributed by atoms with van der Waals surface area (Å²) in [6, 6.07) is 0.437. The average molecular weight is 230 g/mol. The molecule has 1 aliphatic rings. The van der Waals surface area contributed by atoms with Crippen molar-refractivity contribution in [1.82, 2.24) is 9.80 Å². The van der Waals surface area contributed by atoms with Crippen molar-refractivity contribution in [2.75, 3.05) is 40.4 Å². The number of aliphatic hydroxyl groups is 2. The summed E-state index contributed by atoms with van der Waals surface area (Å²) in [4.78, 5) is 4.48. The first-order valence-electron chi connectivity index (χ1n) is 6.13. The molecule has 4 nitrogen and oxygen atoms in total. The number of aliphatic hydroxyl groups excluding tert-OH is 2. The summed E-state index contributed by atoms with van der Waals surface area (Å²) < 4.78 is 0. The fraction of sp³-hybridized carbons (Fsp3) is 1.00. The fourth-order valence-corrected chi connectivity index (χ4v) is 2.63. The van der Waals surface area contributed by atoms with Gasteiger partial charge in [0, 0.05) is 19.1 Å². The van der Waals surface area contributed by atoms with Crippen LogP contribution in [0.1, 0.15) is 13.8 Å². The molecule has 0 unspecified atom stereocenters. The lowest BCUT2D eigenvalue weighted by Gasteiger charge is -2.27. The summed E-state index contributed by atoms with van der Waals surface area (Å²) >= 11 is 0. The Morgan fingerprint density at radius 2 is 1.75 bits per heavy atom. The van der Waals surface area contributed by atoms with Crippen LogP contribution in [-0.4, -0.2) is 72.5 Å². The van der Waals surface area contributed by atoms with Gasteiger partial charge in [0.2, 0.25) is 0 Å². The molecule has 2 N–H and O–H groups in total. The van der Waals surface area contributed by atoms with Gasteiger partial charge in [0.05, 0.1) is 19.3 Å². The molecular weight excluding hydrogens is 204 g/mol. The Labute approximate surface area is 98.9 Å². The van der Waals surface area contributed by atoms with E-state index in [4.69, 9.17) is 0 Å². The van der Waals surface area contributed by atoms with E-state index in [1.807, 2.05) is 0 Å². The predicted octanol–water partition coefficient (Wildman–Crippen LogP) is -0.142. The third-order valence-corrected chi connectivity index (χ3v) is 3.82. The summed E-state index contributed by atoms with van der Waals surface area (Å²) in [5.41, 5.74) is 0. The summed E-state index contributed by atoms with van der Waals surface area (Å²) in [5, 5.41) is 18.4. The Balaban J connectivity index is 2.68. The molecule has 0 aliphatic carbocycles. The van der Waals surface area contributed by atoms with E-state index in [0.717, 1.165) is 13.1 Å². The Morgan fingerprint density at radius 3 is 2.06 bits per heavy atom. The molecule has 96 valence electrons. The molecular formula is C12H26N2O2. The van der Waals surface area contributed by atoms with Crippen LogP contribution in [0.4, 0.5) is 0 Å². The minimum atomic E-state index is -0.0915. The van der Waals surface area contributed by atoms with Crippen molar-refractivity contribution in [2.24, 2.45) is 11.8 Å². The third kappa shape index (κ3) is 2.94. The molecule has 0 aromatic rings. The summed E-state index contributed by atoms with van der Waals surface area (Å²) in [6.07, 6.45) is 0. The molecule has 4 heteroatoms. The minimum Gasteiger partial charge on any atom is -0.395 e. The molecule has 0 amide bonds. The molecule has 1 saturated heterocycles. The zero-order valence-electron chi connectivity index (χ0n) is 10.9. The van der Waals surface area contributed by atoms with Crippen LogP contribution >= 0.6 is 0 Å². The molecule has 0 spiro atoms. The van der Waals surface area contributed by atoms with Gasteiger partial charge in [-0.3, -0.25) is 4.90 Å². The summed E-state index contributed by atoms with van der Waals surface area (Å²) in [5.74, 6) is 1.26. The smallest absolute Gasteiger partial charge is 0.0609 e. The molecule has 1 rings (SSSR count). The highest BCUT2D eigenvalue weighted by molar-refractivity contribution is 4.92. The van der Waals surface area contributed by atoms with Crippen molar-refractivity contribution in [1.29, 1.82) is 0 Å². The third-order valence-electron chi connectivity index (χ3n) is 3.82. The standard InChI is InChI=1S/C12H26N2O2/c1-9(2)11-5-14(10(7-15)8-16)6-12(11)13(3)4/h9-12,15-16H,5-8H2,1-4H3/t11-,12+/m1/s1. The Kier molecular flexibility index (Phi) is 5.18. The van der Waals surface area contributed by atoms with Gasteiger partial charge < -0.3 is 15.1 Å². The number of nitrogens with zero attached hydrogens (tertiary/aromatic N) is 2. The van der Waals surface area contributed by atoms with Crippen LogP contribution < -0.4 is 0 Å². The Hall–Kier alpha value is -0.160. The van der Waals surface area contributed by atoms with E-state index < -0.39 is 0 Å². The van der Waals surface area contributed by atoms with E-state index >= 15 is 0 Å². The topological polar surface area (TPSA) is 46.9 Å². The molecule has 1 aliphatic heterocycles. The van der Waals surface area contributed by atoms with Crippen molar-refractivity contribution < 1.29 is 10.2 Å². The maximum absolute atomic E-state index is 9.22. The van der Waals surface area contributed by atoms with Crippen molar-refractivity contribution >= 4 is 0 Å². The monoisotopic (exact) mass is 230 g/mol. The van der Waals surface area contributed by atoms with Gasteiger partial charge in [-0.1, -0.05) is 13.8 Å². The molecule has 2 atom stereocenters. The number of hydrogen-bond acceptors (Lipinski definition) is 4. The molecule has 0 aromatic heterocycles. The second-order valence-electron chi connectivity index (χ2n) is 5.41. The first-order valence-corrected chi connectivity index (χ1v) is 6.13. The highest BCUT2D eigenvalue weighted by Crippen LogP contribution is 2.28. The Morgan fingerprint density at radius 1 is 1.19 bits per heavy atom. The van der Waals surface area contributed by atoms with Gasteiger partial charge in [-0.15, -0.1) is 0 Å². The second-order valence-corrected chi connectivity index (χ2v) is 5.41. The fourth-order valence-electron chi connectivity index (χ4n) is 2.63. The predicted molar refractivity (Wildman–Crippen MR) is 65.3 cm³/mol. The number of likely N-dealkylation sites (N-methyl/N-ethyl adjacent to an activating group) is 1.